The first-order chi connectivity index (χ1) is 8.75. The summed E-state index contributed by atoms with van der Waals surface area (Å²) in [5, 5.41) is 3.41. The van der Waals surface area contributed by atoms with Crippen LogP contribution < -0.4 is 5.32 Å². The summed E-state index contributed by atoms with van der Waals surface area (Å²) < 4.78 is 0. The third-order valence-electron chi connectivity index (χ3n) is 4.04. The van der Waals surface area contributed by atoms with Gasteiger partial charge in [-0.3, -0.25) is 4.79 Å². The molecule has 0 spiro atoms. The summed E-state index contributed by atoms with van der Waals surface area (Å²) in [6.45, 7) is 1.69. The Balaban J connectivity index is 1.65. The van der Waals surface area contributed by atoms with Crippen molar-refractivity contribution in [2.24, 2.45) is 0 Å². The number of amides is 1. The molecule has 3 nitrogen and oxygen atoms in total. The summed E-state index contributed by atoms with van der Waals surface area (Å²) >= 11 is 0. The Morgan fingerprint density at radius 1 is 1.28 bits per heavy atom. The number of carbonyl (C=O) groups is 1. The first-order valence-electron chi connectivity index (χ1n) is 6.82. The van der Waals surface area contributed by atoms with Gasteiger partial charge in [-0.05, 0) is 36.3 Å². The molecule has 18 heavy (non-hydrogen) atoms. The average molecular weight is 244 g/mol. The lowest BCUT2D eigenvalue weighted by Crippen LogP contribution is -2.36. The average Bonchev–Trinajstić information content (AvgIpc) is 3.18. The van der Waals surface area contributed by atoms with Crippen LogP contribution >= 0.6 is 0 Å². The number of hydrogen-bond donors (Lipinski definition) is 1. The molecule has 1 unspecified atom stereocenters. The Bertz CT molecular complexity index is 454. The van der Waals surface area contributed by atoms with Crippen molar-refractivity contribution in [2.75, 3.05) is 13.6 Å². The largest absolute Gasteiger partial charge is 0.344 e. The molecular weight excluding hydrogens is 224 g/mol. The van der Waals surface area contributed by atoms with Gasteiger partial charge in [0.2, 0.25) is 5.91 Å². The van der Waals surface area contributed by atoms with Crippen molar-refractivity contribution in [3.05, 3.63) is 35.4 Å². The van der Waals surface area contributed by atoms with Crippen LogP contribution in [0.3, 0.4) is 0 Å². The van der Waals surface area contributed by atoms with E-state index >= 15 is 0 Å². The lowest BCUT2D eigenvalue weighted by molar-refractivity contribution is -0.128. The molecule has 1 aromatic rings. The first kappa shape index (κ1) is 11.7. The fourth-order valence-electron chi connectivity index (χ4n) is 2.73. The van der Waals surface area contributed by atoms with Gasteiger partial charge in [-0.15, -0.1) is 0 Å². The fourth-order valence-corrected chi connectivity index (χ4v) is 2.73. The van der Waals surface area contributed by atoms with Gasteiger partial charge in [-0.2, -0.15) is 0 Å². The highest BCUT2D eigenvalue weighted by Crippen LogP contribution is 2.41. The molecule has 0 bridgehead atoms. The maximum Gasteiger partial charge on any atom is 0.239 e. The minimum absolute atomic E-state index is 0.0160. The van der Waals surface area contributed by atoms with Crippen LogP contribution in [0, 0.1) is 0 Å². The van der Waals surface area contributed by atoms with Crippen LogP contribution in [0.4, 0.5) is 0 Å². The van der Waals surface area contributed by atoms with E-state index in [4.69, 9.17) is 0 Å². The molecule has 1 aromatic carbocycles. The summed E-state index contributed by atoms with van der Waals surface area (Å²) in [5.41, 5.74) is 2.84. The molecule has 1 aliphatic heterocycles. The third-order valence-corrected chi connectivity index (χ3v) is 4.04. The van der Waals surface area contributed by atoms with Crippen LogP contribution in [0.5, 0.6) is 0 Å². The van der Waals surface area contributed by atoms with Crippen molar-refractivity contribution in [1.29, 1.82) is 0 Å². The number of nitrogens with zero attached hydrogens (tertiary/aromatic N) is 1. The number of benzene rings is 1. The molecular formula is C15H20N2O. The molecule has 1 saturated heterocycles. The summed E-state index contributed by atoms with van der Waals surface area (Å²) in [4.78, 5) is 13.6. The highest BCUT2D eigenvalue weighted by atomic mass is 16.2. The Kier molecular flexibility index (Phi) is 3.08. The van der Waals surface area contributed by atoms with Gasteiger partial charge in [-0.1, -0.05) is 24.3 Å². The lowest BCUT2D eigenvalue weighted by atomic mass is 10.0. The van der Waals surface area contributed by atoms with Gasteiger partial charge < -0.3 is 10.2 Å². The van der Waals surface area contributed by atoms with Crippen molar-refractivity contribution >= 4 is 5.91 Å². The van der Waals surface area contributed by atoms with Crippen LogP contribution in [0.1, 0.15) is 36.3 Å². The van der Waals surface area contributed by atoms with E-state index in [-0.39, 0.29) is 11.9 Å². The zero-order chi connectivity index (χ0) is 12.5. The van der Waals surface area contributed by atoms with Gasteiger partial charge in [0.05, 0.1) is 6.04 Å². The van der Waals surface area contributed by atoms with Gasteiger partial charge in [0.15, 0.2) is 0 Å². The van der Waals surface area contributed by atoms with Gasteiger partial charge >= 0.3 is 0 Å². The van der Waals surface area contributed by atoms with Crippen molar-refractivity contribution in [1.82, 2.24) is 10.2 Å². The van der Waals surface area contributed by atoms with E-state index in [0.717, 1.165) is 25.4 Å². The summed E-state index contributed by atoms with van der Waals surface area (Å²) in [6.07, 6.45) is 3.57. The molecule has 0 radical (unpaired) electrons. The number of hydrogen-bond acceptors (Lipinski definition) is 2. The highest BCUT2D eigenvalue weighted by Gasteiger charge is 2.29. The molecule has 1 N–H and O–H groups in total. The quantitative estimate of drug-likeness (QED) is 0.877. The van der Waals surface area contributed by atoms with E-state index in [9.17, 15) is 4.79 Å². The van der Waals surface area contributed by atoms with Crippen molar-refractivity contribution in [2.45, 2.75) is 37.8 Å². The van der Waals surface area contributed by atoms with Gasteiger partial charge in [-0.25, -0.2) is 0 Å². The molecule has 2 fully saturated rings. The Labute approximate surface area is 108 Å². The molecule has 3 rings (SSSR count). The zero-order valence-corrected chi connectivity index (χ0v) is 10.9. The molecule has 1 amide bonds. The fraction of sp³-hybridized carbons (Fsp3) is 0.533. The minimum atomic E-state index is 0.0160. The molecule has 96 valence electrons. The summed E-state index contributed by atoms with van der Waals surface area (Å²) in [7, 11) is 1.88. The molecule has 1 saturated carbocycles. The number of likely N-dealkylation sites (tertiary alicyclic amines) is 1. The Hall–Kier alpha value is -1.35. The Morgan fingerprint density at radius 2 is 2.06 bits per heavy atom. The number of nitrogens with one attached hydrogen (secondary N) is 1. The normalized spacial score (nSPS) is 23.7. The van der Waals surface area contributed by atoms with Crippen molar-refractivity contribution in [3.8, 4) is 0 Å². The van der Waals surface area contributed by atoms with Gasteiger partial charge in [0, 0.05) is 20.1 Å². The molecule has 0 aromatic heterocycles. The molecule has 1 heterocycles. The second-order valence-corrected chi connectivity index (χ2v) is 5.46. The van der Waals surface area contributed by atoms with Crippen LogP contribution in [0.15, 0.2) is 24.3 Å². The van der Waals surface area contributed by atoms with Crippen LogP contribution in [-0.4, -0.2) is 30.4 Å². The first-order valence-corrected chi connectivity index (χ1v) is 6.82. The maximum atomic E-state index is 11.8. The van der Waals surface area contributed by atoms with Crippen molar-refractivity contribution < 1.29 is 4.79 Å². The topological polar surface area (TPSA) is 32.3 Å². The second-order valence-electron chi connectivity index (χ2n) is 5.46. The molecule has 2 aliphatic rings. The molecule has 1 atom stereocenters. The monoisotopic (exact) mass is 244 g/mol. The predicted octanol–water partition coefficient (Wildman–Crippen LogP) is 1.88. The minimum Gasteiger partial charge on any atom is -0.344 e. The van der Waals surface area contributed by atoms with Gasteiger partial charge in [0.25, 0.3) is 0 Å². The van der Waals surface area contributed by atoms with Crippen molar-refractivity contribution in [3.63, 3.8) is 0 Å². The van der Waals surface area contributed by atoms with Crippen LogP contribution in [0.25, 0.3) is 0 Å². The number of likely N-dealkylation sites (N-methyl/N-ethyl adjacent to an activating group) is 1. The van der Waals surface area contributed by atoms with Crippen LogP contribution in [-0.2, 0) is 11.3 Å². The SMILES string of the molecule is CN1CCC(NCc2ccccc2C2CC2)C1=O. The standard InChI is InChI=1S/C15H20N2O/c1-17-9-8-14(15(17)18)16-10-12-4-2-3-5-13(12)11-6-7-11/h2-5,11,14,16H,6-10H2,1H3. The smallest absolute Gasteiger partial charge is 0.239 e. The molecule has 3 heteroatoms. The number of rotatable bonds is 4. The zero-order valence-electron chi connectivity index (χ0n) is 10.9. The second kappa shape index (κ2) is 4.73. The van der Waals surface area contributed by atoms with E-state index < -0.39 is 0 Å². The van der Waals surface area contributed by atoms with Crippen LogP contribution in [0.2, 0.25) is 0 Å². The van der Waals surface area contributed by atoms with Gasteiger partial charge in [0.1, 0.15) is 0 Å². The Morgan fingerprint density at radius 3 is 2.72 bits per heavy atom. The lowest BCUT2D eigenvalue weighted by Gasteiger charge is -2.14. The summed E-state index contributed by atoms with van der Waals surface area (Å²) in [6, 6.07) is 8.64. The highest BCUT2D eigenvalue weighted by molar-refractivity contribution is 5.83. The van der Waals surface area contributed by atoms with E-state index in [1.165, 1.54) is 24.0 Å². The number of carbonyl (C=O) groups excluding carboxylic acids is 1. The van der Waals surface area contributed by atoms with E-state index in [2.05, 4.69) is 29.6 Å². The predicted molar refractivity (Wildman–Crippen MR) is 71.3 cm³/mol. The van der Waals surface area contributed by atoms with E-state index in [1.54, 1.807) is 0 Å². The van der Waals surface area contributed by atoms with E-state index in [0.29, 0.717) is 0 Å². The summed E-state index contributed by atoms with van der Waals surface area (Å²) in [5.74, 6) is 1.00. The molecule has 1 aliphatic carbocycles. The maximum absolute atomic E-state index is 11.8. The third kappa shape index (κ3) is 2.27. The van der Waals surface area contributed by atoms with E-state index in [1.807, 2.05) is 11.9 Å².